The third-order valence-corrected chi connectivity index (χ3v) is 3.90. The Bertz CT molecular complexity index is 381. The Hall–Kier alpha value is -1.04. The standard InChI is InChI=1S/C12H14O4S/c13-9-6-11(14)17-10(9)7-16-12(15)8-4-2-1-3-5-8/h1-5,9-11,13-14H,6-7H2/t9-,10+,11?/m1/s1. The lowest BCUT2D eigenvalue weighted by Crippen LogP contribution is -2.24. The summed E-state index contributed by atoms with van der Waals surface area (Å²) in [4.78, 5) is 11.6. The van der Waals surface area contributed by atoms with Crippen LogP contribution in [0.5, 0.6) is 0 Å². The predicted octanol–water partition coefficient (Wildman–Crippen LogP) is 1.03. The van der Waals surface area contributed by atoms with Crippen molar-refractivity contribution in [3.05, 3.63) is 35.9 Å². The van der Waals surface area contributed by atoms with Gasteiger partial charge in [-0.15, -0.1) is 11.8 Å². The van der Waals surface area contributed by atoms with Crippen LogP contribution in [0, 0.1) is 0 Å². The summed E-state index contributed by atoms with van der Waals surface area (Å²) >= 11 is 1.24. The Labute approximate surface area is 104 Å². The molecule has 1 aromatic rings. The molecule has 5 heteroatoms. The molecule has 0 aromatic heterocycles. The molecule has 1 unspecified atom stereocenters. The lowest BCUT2D eigenvalue weighted by Gasteiger charge is -2.13. The zero-order chi connectivity index (χ0) is 12.3. The van der Waals surface area contributed by atoms with Gasteiger partial charge in [0.1, 0.15) is 12.0 Å². The molecule has 0 amide bonds. The van der Waals surface area contributed by atoms with Gasteiger partial charge < -0.3 is 14.9 Å². The molecule has 17 heavy (non-hydrogen) atoms. The summed E-state index contributed by atoms with van der Waals surface area (Å²) in [5.74, 6) is -0.403. The Kier molecular flexibility index (Phi) is 4.04. The highest BCUT2D eigenvalue weighted by Gasteiger charge is 2.33. The van der Waals surface area contributed by atoms with Gasteiger partial charge >= 0.3 is 5.97 Å². The van der Waals surface area contributed by atoms with E-state index in [4.69, 9.17) is 4.74 Å². The van der Waals surface area contributed by atoms with Crippen LogP contribution in [0.2, 0.25) is 0 Å². The molecule has 1 aliphatic heterocycles. The molecule has 0 spiro atoms. The number of thioether (sulfide) groups is 1. The molecule has 3 atom stereocenters. The van der Waals surface area contributed by atoms with Crippen LogP contribution in [0.15, 0.2) is 30.3 Å². The third kappa shape index (κ3) is 3.21. The Balaban J connectivity index is 1.85. The molecule has 0 bridgehead atoms. The Morgan fingerprint density at radius 1 is 1.35 bits per heavy atom. The summed E-state index contributed by atoms with van der Waals surface area (Å²) in [5.41, 5.74) is -0.0732. The maximum absolute atomic E-state index is 11.6. The van der Waals surface area contributed by atoms with Crippen LogP contribution in [0.3, 0.4) is 0 Å². The molecule has 2 rings (SSSR count). The quantitative estimate of drug-likeness (QED) is 0.789. The summed E-state index contributed by atoms with van der Waals surface area (Å²) in [6.07, 6.45) is -0.281. The zero-order valence-electron chi connectivity index (χ0n) is 9.15. The fourth-order valence-electron chi connectivity index (χ4n) is 1.67. The molecule has 2 N–H and O–H groups in total. The first kappa shape index (κ1) is 12.4. The van der Waals surface area contributed by atoms with Gasteiger partial charge in [0.05, 0.1) is 16.9 Å². The molecule has 1 saturated heterocycles. The SMILES string of the molecule is O=C(OC[C@@H]1SC(O)C[C@H]1O)c1ccccc1. The van der Waals surface area contributed by atoms with Crippen molar-refractivity contribution in [1.29, 1.82) is 0 Å². The number of aliphatic hydroxyl groups is 2. The second-order valence-electron chi connectivity index (χ2n) is 3.90. The number of aliphatic hydroxyl groups excluding tert-OH is 2. The fraction of sp³-hybridized carbons (Fsp3) is 0.417. The third-order valence-electron chi connectivity index (χ3n) is 2.59. The minimum atomic E-state index is -0.612. The van der Waals surface area contributed by atoms with Crippen LogP contribution in [0.1, 0.15) is 16.8 Å². The normalized spacial score (nSPS) is 28.0. The van der Waals surface area contributed by atoms with E-state index < -0.39 is 17.5 Å². The number of carbonyl (C=O) groups excluding carboxylic acids is 1. The van der Waals surface area contributed by atoms with E-state index in [-0.39, 0.29) is 11.9 Å². The molecule has 0 radical (unpaired) electrons. The number of hydrogen-bond donors (Lipinski definition) is 2. The molecular weight excluding hydrogens is 240 g/mol. The average Bonchev–Trinajstić information content (AvgIpc) is 2.66. The van der Waals surface area contributed by atoms with E-state index >= 15 is 0 Å². The Morgan fingerprint density at radius 2 is 2.06 bits per heavy atom. The van der Waals surface area contributed by atoms with Gasteiger partial charge in [-0.25, -0.2) is 4.79 Å². The second-order valence-corrected chi connectivity index (χ2v) is 5.32. The molecule has 1 heterocycles. The number of benzene rings is 1. The van der Waals surface area contributed by atoms with Crippen molar-refractivity contribution in [1.82, 2.24) is 0 Å². The van der Waals surface area contributed by atoms with Crippen molar-refractivity contribution in [2.24, 2.45) is 0 Å². The van der Waals surface area contributed by atoms with Gasteiger partial charge in [0.15, 0.2) is 0 Å². The molecule has 92 valence electrons. The summed E-state index contributed by atoms with van der Waals surface area (Å²) in [6.45, 7) is 0.122. The number of hydrogen-bond acceptors (Lipinski definition) is 5. The maximum Gasteiger partial charge on any atom is 0.338 e. The van der Waals surface area contributed by atoms with E-state index in [1.807, 2.05) is 6.07 Å². The molecule has 1 aliphatic rings. The van der Waals surface area contributed by atoms with Gasteiger partial charge in [-0.2, -0.15) is 0 Å². The summed E-state index contributed by atoms with van der Waals surface area (Å²) in [6, 6.07) is 8.70. The fourth-order valence-corrected chi connectivity index (χ4v) is 2.82. The molecule has 1 fully saturated rings. The number of ether oxygens (including phenoxy) is 1. The predicted molar refractivity (Wildman–Crippen MR) is 64.7 cm³/mol. The summed E-state index contributed by atoms with van der Waals surface area (Å²) in [7, 11) is 0. The van der Waals surface area contributed by atoms with E-state index in [9.17, 15) is 15.0 Å². The highest BCUT2D eigenvalue weighted by atomic mass is 32.2. The van der Waals surface area contributed by atoms with E-state index in [0.29, 0.717) is 12.0 Å². The monoisotopic (exact) mass is 254 g/mol. The molecule has 4 nitrogen and oxygen atoms in total. The second kappa shape index (κ2) is 5.53. The Morgan fingerprint density at radius 3 is 2.65 bits per heavy atom. The van der Waals surface area contributed by atoms with Crippen LogP contribution in [-0.4, -0.2) is 39.6 Å². The first-order chi connectivity index (χ1) is 8.16. The first-order valence-electron chi connectivity index (χ1n) is 5.40. The largest absolute Gasteiger partial charge is 0.461 e. The highest BCUT2D eigenvalue weighted by molar-refractivity contribution is 8.00. The van der Waals surface area contributed by atoms with Crippen LogP contribution in [0.4, 0.5) is 0 Å². The molecular formula is C12H14O4S. The number of esters is 1. The van der Waals surface area contributed by atoms with Crippen molar-refractivity contribution in [2.75, 3.05) is 6.61 Å². The van der Waals surface area contributed by atoms with E-state index in [1.165, 1.54) is 11.8 Å². The van der Waals surface area contributed by atoms with Gasteiger partial charge in [0, 0.05) is 6.42 Å². The van der Waals surface area contributed by atoms with E-state index in [1.54, 1.807) is 24.3 Å². The zero-order valence-corrected chi connectivity index (χ0v) is 9.97. The summed E-state index contributed by atoms with van der Waals surface area (Å²) in [5, 5.41) is 18.6. The lowest BCUT2D eigenvalue weighted by molar-refractivity contribution is 0.0443. The minimum absolute atomic E-state index is 0.122. The van der Waals surface area contributed by atoms with E-state index in [0.717, 1.165) is 0 Å². The van der Waals surface area contributed by atoms with Gasteiger partial charge in [-0.3, -0.25) is 0 Å². The maximum atomic E-state index is 11.6. The lowest BCUT2D eigenvalue weighted by atomic mass is 10.2. The van der Waals surface area contributed by atoms with Gasteiger partial charge in [-0.1, -0.05) is 18.2 Å². The topological polar surface area (TPSA) is 66.8 Å². The van der Waals surface area contributed by atoms with E-state index in [2.05, 4.69) is 0 Å². The van der Waals surface area contributed by atoms with Crippen molar-refractivity contribution >= 4 is 17.7 Å². The van der Waals surface area contributed by atoms with Crippen LogP contribution >= 0.6 is 11.8 Å². The van der Waals surface area contributed by atoms with Crippen molar-refractivity contribution in [3.8, 4) is 0 Å². The van der Waals surface area contributed by atoms with Crippen molar-refractivity contribution < 1.29 is 19.7 Å². The number of carbonyl (C=O) groups is 1. The van der Waals surface area contributed by atoms with Gasteiger partial charge in [-0.05, 0) is 12.1 Å². The average molecular weight is 254 g/mol. The smallest absolute Gasteiger partial charge is 0.338 e. The van der Waals surface area contributed by atoms with Crippen LogP contribution in [-0.2, 0) is 4.74 Å². The van der Waals surface area contributed by atoms with Crippen LogP contribution < -0.4 is 0 Å². The number of rotatable bonds is 3. The molecule has 0 saturated carbocycles. The van der Waals surface area contributed by atoms with Crippen molar-refractivity contribution in [2.45, 2.75) is 23.2 Å². The molecule has 1 aromatic carbocycles. The van der Waals surface area contributed by atoms with Crippen molar-refractivity contribution in [3.63, 3.8) is 0 Å². The van der Waals surface area contributed by atoms with Gasteiger partial charge in [0.25, 0.3) is 0 Å². The van der Waals surface area contributed by atoms with Crippen LogP contribution in [0.25, 0.3) is 0 Å². The first-order valence-corrected chi connectivity index (χ1v) is 6.35. The summed E-state index contributed by atoms with van der Waals surface area (Å²) < 4.78 is 5.10. The van der Waals surface area contributed by atoms with Gasteiger partial charge in [0.2, 0.25) is 0 Å². The minimum Gasteiger partial charge on any atom is -0.461 e. The highest BCUT2D eigenvalue weighted by Crippen LogP contribution is 2.32. The molecule has 0 aliphatic carbocycles.